The van der Waals surface area contributed by atoms with Crippen molar-refractivity contribution >= 4 is 11.8 Å². The number of nitrogens with zero attached hydrogens (tertiary/aromatic N) is 2. The van der Waals surface area contributed by atoms with Gasteiger partial charge >= 0.3 is 0 Å². The number of rotatable bonds is 11. The van der Waals surface area contributed by atoms with Gasteiger partial charge in [-0.15, -0.1) is 0 Å². The van der Waals surface area contributed by atoms with E-state index in [-0.39, 0.29) is 43.1 Å². The van der Waals surface area contributed by atoms with Crippen LogP contribution in [0.2, 0.25) is 0 Å². The number of amides is 2. The molecule has 0 radical (unpaired) electrons. The smallest absolute Gasteiger partial charge is 0.261 e. The van der Waals surface area contributed by atoms with Crippen LogP contribution in [0.5, 0.6) is 0 Å². The molecule has 5 aromatic carbocycles. The van der Waals surface area contributed by atoms with Gasteiger partial charge in [-0.3, -0.25) is 19.4 Å². The molecule has 5 aromatic rings. The van der Waals surface area contributed by atoms with Gasteiger partial charge in [0.1, 0.15) is 0 Å². The first-order valence-electron chi connectivity index (χ1n) is 16.8. The second kappa shape index (κ2) is 14.7. The Morgan fingerprint density at radius 2 is 1.12 bits per heavy atom. The molecule has 248 valence electrons. The summed E-state index contributed by atoms with van der Waals surface area (Å²) in [6.45, 7) is 4.59. The summed E-state index contributed by atoms with van der Waals surface area (Å²) >= 11 is 0. The number of aliphatic hydroxyl groups is 1. The average Bonchev–Trinajstić information content (AvgIpc) is 3.38. The Bertz CT molecular complexity index is 1800. The van der Waals surface area contributed by atoms with Crippen molar-refractivity contribution in [3.63, 3.8) is 0 Å². The third kappa shape index (κ3) is 7.26. The van der Waals surface area contributed by atoms with Crippen molar-refractivity contribution in [2.75, 3.05) is 6.54 Å². The van der Waals surface area contributed by atoms with Crippen LogP contribution in [-0.2, 0) is 35.7 Å². The Kier molecular flexibility index (Phi) is 9.77. The van der Waals surface area contributed by atoms with Crippen LogP contribution in [-0.4, -0.2) is 39.4 Å². The number of imide groups is 1. The van der Waals surface area contributed by atoms with Crippen LogP contribution in [0.1, 0.15) is 73.4 Å². The molecule has 1 fully saturated rings. The summed E-state index contributed by atoms with van der Waals surface area (Å²) in [6.07, 6.45) is -1.04. The van der Waals surface area contributed by atoms with E-state index in [4.69, 9.17) is 9.47 Å². The molecule has 2 heterocycles. The topological polar surface area (TPSA) is 79.3 Å². The number of hydrogen-bond acceptors (Lipinski definition) is 6. The minimum Gasteiger partial charge on any atom is -0.392 e. The molecule has 0 bridgehead atoms. The third-order valence-corrected chi connectivity index (χ3v) is 9.53. The van der Waals surface area contributed by atoms with Crippen LogP contribution >= 0.6 is 0 Å². The van der Waals surface area contributed by atoms with Crippen LogP contribution < -0.4 is 0 Å². The molecule has 0 unspecified atom stereocenters. The number of hydrogen-bond donors (Lipinski definition) is 1. The normalized spacial score (nSPS) is 20.5. The molecule has 1 N–H and O–H groups in total. The fourth-order valence-electron chi connectivity index (χ4n) is 6.80. The molecule has 49 heavy (non-hydrogen) atoms. The van der Waals surface area contributed by atoms with Gasteiger partial charge in [-0.2, -0.15) is 0 Å². The molecule has 0 aromatic heterocycles. The van der Waals surface area contributed by atoms with E-state index < -0.39 is 6.29 Å². The molecular formula is C42H40N2O5. The number of fused-ring (bicyclic) bond motifs is 1. The summed E-state index contributed by atoms with van der Waals surface area (Å²) in [4.78, 5) is 29.7. The van der Waals surface area contributed by atoms with Crippen LogP contribution in [0.15, 0.2) is 133 Å². The quantitative estimate of drug-likeness (QED) is 0.149. The fourth-order valence-corrected chi connectivity index (χ4v) is 6.80. The number of aliphatic hydroxyl groups excluding tert-OH is 1. The van der Waals surface area contributed by atoms with Gasteiger partial charge < -0.3 is 14.6 Å². The summed E-state index contributed by atoms with van der Waals surface area (Å²) < 4.78 is 13.5. The fraction of sp³-hybridized carbons (Fsp3) is 0.238. The van der Waals surface area contributed by atoms with Gasteiger partial charge in [-0.25, -0.2) is 0 Å². The molecule has 4 atom stereocenters. The number of carbonyl (C=O) groups is 2. The van der Waals surface area contributed by atoms with Crippen molar-refractivity contribution in [2.24, 2.45) is 5.92 Å². The Balaban J connectivity index is 1.14. The lowest BCUT2D eigenvalue weighted by molar-refractivity contribution is -0.276. The predicted molar refractivity (Wildman–Crippen MR) is 187 cm³/mol. The maximum absolute atomic E-state index is 13.0. The average molecular weight is 653 g/mol. The van der Waals surface area contributed by atoms with Crippen molar-refractivity contribution in [1.29, 1.82) is 0 Å². The third-order valence-electron chi connectivity index (χ3n) is 9.53. The number of benzene rings is 5. The van der Waals surface area contributed by atoms with Gasteiger partial charge in [0, 0.05) is 31.1 Å². The summed E-state index contributed by atoms with van der Waals surface area (Å²) in [6, 6.07) is 43.7. The maximum atomic E-state index is 13.0. The van der Waals surface area contributed by atoms with Crippen LogP contribution in [0.3, 0.4) is 0 Å². The molecule has 0 saturated carbocycles. The molecule has 0 spiro atoms. The molecule has 2 aliphatic rings. The minimum atomic E-state index is -0.632. The molecule has 7 rings (SSSR count). The largest absolute Gasteiger partial charge is 0.392 e. The molecule has 7 heteroatoms. The Morgan fingerprint density at radius 3 is 1.67 bits per heavy atom. The van der Waals surface area contributed by atoms with Crippen LogP contribution in [0.4, 0.5) is 0 Å². The Labute approximate surface area is 287 Å². The van der Waals surface area contributed by atoms with Crippen molar-refractivity contribution in [2.45, 2.75) is 51.7 Å². The van der Waals surface area contributed by atoms with E-state index in [9.17, 15) is 14.7 Å². The molecular weight excluding hydrogens is 612 g/mol. The molecule has 7 nitrogen and oxygen atoms in total. The van der Waals surface area contributed by atoms with Gasteiger partial charge in [0.05, 0.1) is 36.5 Å². The van der Waals surface area contributed by atoms with Gasteiger partial charge in [0.15, 0.2) is 6.29 Å². The van der Waals surface area contributed by atoms with Crippen molar-refractivity contribution < 1.29 is 24.2 Å². The highest BCUT2D eigenvalue weighted by Crippen LogP contribution is 2.42. The predicted octanol–water partition coefficient (Wildman–Crippen LogP) is 7.47. The van der Waals surface area contributed by atoms with E-state index >= 15 is 0 Å². The molecule has 2 aliphatic heterocycles. The highest BCUT2D eigenvalue weighted by molar-refractivity contribution is 6.21. The van der Waals surface area contributed by atoms with E-state index in [1.54, 1.807) is 24.3 Å². The lowest BCUT2D eigenvalue weighted by Gasteiger charge is -2.43. The zero-order chi connectivity index (χ0) is 33.7. The van der Waals surface area contributed by atoms with Gasteiger partial charge in [0.25, 0.3) is 11.8 Å². The Hall–Kier alpha value is -4.92. The summed E-state index contributed by atoms with van der Waals surface area (Å²) in [5.74, 6) is -0.518. The minimum absolute atomic E-state index is 0.0172. The number of carbonyl (C=O) groups excluding carboxylic acids is 2. The lowest BCUT2D eigenvalue weighted by atomic mass is 9.89. The molecule has 0 aliphatic carbocycles. The van der Waals surface area contributed by atoms with E-state index in [1.807, 2.05) is 60.7 Å². The van der Waals surface area contributed by atoms with Crippen molar-refractivity contribution in [1.82, 2.24) is 9.80 Å². The standard InChI is InChI=1S/C42H40N2O5/c1-29-38(27-43(24-30-10-4-2-5-11-30)25-31-12-6-3-7-13-31)48-42(49-39(29)34-20-18-33(28-45)19-21-34)35-22-16-32(17-23-35)26-44-40(46)36-14-8-9-15-37(36)41(44)47/h2-23,29,38-39,42,45H,24-28H2,1H3/t29-,38+,39+,42+/m0/s1. The zero-order valence-electron chi connectivity index (χ0n) is 27.5. The first-order chi connectivity index (χ1) is 24.0. The highest BCUT2D eigenvalue weighted by Gasteiger charge is 2.39. The first-order valence-corrected chi connectivity index (χ1v) is 16.8. The first kappa shape index (κ1) is 32.6. The monoisotopic (exact) mass is 652 g/mol. The van der Waals surface area contributed by atoms with E-state index in [1.165, 1.54) is 16.0 Å². The number of ether oxygens (including phenoxy) is 2. The lowest BCUT2D eigenvalue weighted by Crippen LogP contribution is -2.44. The highest BCUT2D eigenvalue weighted by atomic mass is 16.7. The summed E-state index contributed by atoms with van der Waals surface area (Å²) in [7, 11) is 0. The summed E-state index contributed by atoms with van der Waals surface area (Å²) in [5, 5.41) is 9.65. The van der Waals surface area contributed by atoms with E-state index in [2.05, 4.69) is 60.4 Å². The van der Waals surface area contributed by atoms with Crippen molar-refractivity contribution in [3.05, 3.63) is 178 Å². The van der Waals surface area contributed by atoms with Crippen LogP contribution in [0, 0.1) is 5.92 Å². The zero-order valence-corrected chi connectivity index (χ0v) is 27.5. The van der Waals surface area contributed by atoms with Gasteiger partial charge in [-0.05, 0) is 39.9 Å². The van der Waals surface area contributed by atoms with Gasteiger partial charge in [0.2, 0.25) is 0 Å². The second-order valence-corrected chi connectivity index (χ2v) is 12.9. The maximum Gasteiger partial charge on any atom is 0.261 e. The van der Waals surface area contributed by atoms with E-state index in [0.717, 1.165) is 35.3 Å². The Morgan fingerprint density at radius 1 is 0.612 bits per heavy atom. The van der Waals surface area contributed by atoms with Crippen molar-refractivity contribution in [3.8, 4) is 0 Å². The van der Waals surface area contributed by atoms with Gasteiger partial charge in [-0.1, -0.05) is 128 Å². The summed E-state index contributed by atoms with van der Waals surface area (Å²) in [5.41, 5.74) is 6.94. The second-order valence-electron chi connectivity index (χ2n) is 12.9. The van der Waals surface area contributed by atoms with E-state index in [0.29, 0.717) is 17.7 Å². The molecule has 1 saturated heterocycles. The van der Waals surface area contributed by atoms with Crippen LogP contribution in [0.25, 0.3) is 0 Å². The SMILES string of the molecule is C[C@H]1[C@@H](CN(Cc2ccccc2)Cc2ccccc2)O[C@@H](c2ccc(CN3C(=O)c4ccccc4C3=O)cc2)O[C@H]1c1ccc(CO)cc1. The molecule has 2 amide bonds.